The number of anilines is 2. The molecule has 25 heavy (non-hydrogen) atoms. The number of hydrogen-bond donors (Lipinski definition) is 3. The molecule has 1 atom stereocenters. The highest BCUT2D eigenvalue weighted by Gasteiger charge is 2.21. The van der Waals surface area contributed by atoms with E-state index in [1.165, 1.54) is 0 Å². The van der Waals surface area contributed by atoms with Crippen LogP contribution in [0, 0.1) is 0 Å². The summed E-state index contributed by atoms with van der Waals surface area (Å²) in [6, 6.07) is 5.33. The highest BCUT2D eigenvalue weighted by Crippen LogP contribution is 2.25. The summed E-state index contributed by atoms with van der Waals surface area (Å²) in [5.74, 6) is 1.88. The van der Waals surface area contributed by atoms with E-state index in [-0.39, 0.29) is 12.0 Å². The molecule has 0 bridgehead atoms. The molecule has 1 aliphatic rings. The number of nitrogens with one attached hydrogen (secondary N) is 2. The number of nitrogens with two attached hydrogens (primary N) is 1. The van der Waals surface area contributed by atoms with Gasteiger partial charge >= 0.3 is 0 Å². The molecule has 4 N–H and O–H groups in total. The van der Waals surface area contributed by atoms with E-state index < -0.39 is 0 Å². The minimum atomic E-state index is -0.224. The molecule has 0 fully saturated rings. The van der Waals surface area contributed by atoms with Crippen LogP contribution in [0.2, 0.25) is 0 Å². The van der Waals surface area contributed by atoms with Gasteiger partial charge in [-0.15, -0.1) is 0 Å². The van der Waals surface area contributed by atoms with Crippen LogP contribution < -0.4 is 16.4 Å². The van der Waals surface area contributed by atoms with Gasteiger partial charge in [-0.3, -0.25) is 4.98 Å². The van der Waals surface area contributed by atoms with Crippen LogP contribution in [0.1, 0.15) is 30.1 Å². The molecule has 0 unspecified atom stereocenters. The van der Waals surface area contributed by atoms with Crippen LogP contribution in [0.3, 0.4) is 0 Å². The molecule has 0 saturated heterocycles. The molecule has 3 aromatic rings. The van der Waals surface area contributed by atoms with Crippen LogP contribution in [0.15, 0.2) is 28.9 Å². The summed E-state index contributed by atoms with van der Waals surface area (Å²) in [6.07, 6.45) is 2.53. The van der Waals surface area contributed by atoms with Crippen molar-refractivity contribution in [2.75, 3.05) is 17.6 Å². The summed E-state index contributed by atoms with van der Waals surface area (Å²) in [7, 11) is 0. The third kappa shape index (κ3) is 3.13. The quantitative estimate of drug-likeness (QED) is 0.645. The second kappa shape index (κ2) is 6.44. The van der Waals surface area contributed by atoms with Crippen LogP contribution in [-0.4, -0.2) is 31.6 Å². The van der Waals surface area contributed by atoms with E-state index >= 15 is 0 Å². The first kappa shape index (κ1) is 15.5. The number of fused-ring (bicyclic) bond motifs is 1. The minimum Gasteiger partial charge on any atom is -0.368 e. The van der Waals surface area contributed by atoms with Gasteiger partial charge in [-0.05, 0) is 32.0 Å². The summed E-state index contributed by atoms with van der Waals surface area (Å²) < 4.78 is 5.38. The third-order valence-corrected chi connectivity index (χ3v) is 4.01. The topological polar surface area (TPSA) is 128 Å². The first-order valence-corrected chi connectivity index (χ1v) is 8.08. The van der Waals surface area contributed by atoms with Gasteiger partial charge in [0.25, 0.3) is 0 Å². The van der Waals surface area contributed by atoms with Crippen LogP contribution in [0.4, 0.5) is 11.8 Å². The van der Waals surface area contributed by atoms with Crippen molar-refractivity contribution in [1.29, 1.82) is 0 Å². The molecule has 3 aromatic heterocycles. The molecular formula is C16H18N8O. The Morgan fingerprint density at radius 1 is 1.28 bits per heavy atom. The molecule has 0 spiro atoms. The normalized spacial score (nSPS) is 14.8. The fraction of sp³-hybridized carbons (Fsp3) is 0.312. The van der Waals surface area contributed by atoms with E-state index in [4.69, 9.17) is 10.3 Å². The van der Waals surface area contributed by atoms with Gasteiger partial charge in [-0.2, -0.15) is 9.97 Å². The lowest BCUT2D eigenvalue weighted by Crippen LogP contribution is -2.27. The van der Waals surface area contributed by atoms with Crippen LogP contribution >= 0.6 is 0 Å². The number of aromatic nitrogens is 5. The fourth-order valence-corrected chi connectivity index (χ4v) is 2.77. The van der Waals surface area contributed by atoms with Crippen LogP contribution in [0.25, 0.3) is 11.5 Å². The van der Waals surface area contributed by atoms with Crippen molar-refractivity contribution in [2.24, 2.45) is 0 Å². The van der Waals surface area contributed by atoms with Crippen molar-refractivity contribution in [1.82, 2.24) is 30.4 Å². The minimum absolute atomic E-state index is 0.224. The predicted molar refractivity (Wildman–Crippen MR) is 91.4 cm³/mol. The Hall–Kier alpha value is -3.07. The van der Waals surface area contributed by atoms with Crippen molar-refractivity contribution in [2.45, 2.75) is 25.9 Å². The molecule has 128 valence electrons. The molecule has 1 aliphatic heterocycles. The predicted octanol–water partition coefficient (Wildman–Crippen LogP) is 1.32. The molecule has 9 nitrogen and oxygen atoms in total. The number of nitrogens with zero attached hydrogens (tertiary/aromatic N) is 5. The van der Waals surface area contributed by atoms with Crippen LogP contribution in [0.5, 0.6) is 0 Å². The van der Waals surface area contributed by atoms with Gasteiger partial charge in [0, 0.05) is 18.3 Å². The molecular weight excluding hydrogens is 320 g/mol. The number of nitrogen functional groups attached to an aromatic ring is 1. The Morgan fingerprint density at radius 3 is 3.04 bits per heavy atom. The van der Waals surface area contributed by atoms with Crippen molar-refractivity contribution >= 4 is 11.8 Å². The van der Waals surface area contributed by atoms with Crippen molar-refractivity contribution in [3.05, 3.63) is 41.5 Å². The maximum absolute atomic E-state index is 5.83. The van der Waals surface area contributed by atoms with E-state index in [1.54, 1.807) is 6.20 Å². The van der Waals surface area contributed by atoms with Gasteiger partial charge in [-0.25, -0.2) is 4.98 Å². The molecule has 0 saturated carbocycles. The zero-order valence-corrected chi connectivity index (χ0v) is 13.7. The van der Waals surface area contributed by atoms with E-state index in [0.717, 1.165) is 24.2 Å². The second-order valence-electron chi connectivity index (χ2n) is 5.82. The first-order valence-electron chi connectivity index (χ1n) is 8.08. The molecule has 9 heteroatoms. The van der Waals surface area contributed by atoms with Gasteiger partial charge in [0.15, 0.2) is 0 Å². The Morgan fingerprint density at radius 2 is 2.20 bits per heavy atom. The Bertz CT molecular complexity index is 879. The van der Waals surface area contributed by atoms with E-state index in [9.17, 15) is 0 Å². The molecule has 0 aromatic carbocycles. The van der Waals surface area contributed by atoms with Gasteiger partial charge in [0.1, 0.15) is 17.6 Å². The van der Waals surface area contributed by atoms with Crippen molar-refractivity contribution in [3.8, 4) is 11.5 Å². The SMILES string of the molecule is C[C@@H](Nc1nc(N)nc2c1CCNC2)c1nc(-c2ccccn2)no1. The summed E-state index contributed by atoms with van der Waals surface area (Å²) in [5.41, 5.74) is 8.49. The molecule has 4 rings (SSSR count). The van der Waals surface area contributed by atoms with E-state index in [2.05, 4.69) is 35.7 Å². The summed E-state index contributed by atoms with van der Waals surface area (Å²) in [6.45, 7) is 3.50. The third-order valence-electron chi connectivity index (χ3n) is 4.01. The zero-order chi connectivity index (χ0) is 17.2. The van der Waals surface area contributed by atoms with Crippen molar-refractivity contribution < 1.29 is 4.52 Å². The lowest BCUT2D eigenvalue weighted by atomic mass is 10.1. The molecule has 4 heterocycles. The highest BCUT2D eigenvalue weighted by molar-refractivity contribution is 5.52. The van der Waals surface area contributed by atoms with Crippen molar-refractivity contribution in [3.63, 3.8) is 0 Å². The standard InChI is InChI=1S/C16H18N8O/c1-9(15-22-14(24-25-15)11-4-2-3-6-19-11)20-13-10-5-7-18-8-12(10)21-16(17)23-13/h2-4,6,9,18H,5,7-8H2,1H3,(H3,17,20,21,23)/t9-/m1/s1. The first-order chi connectivity index (χ1) is 12.2. The van der Waals surface area contributed by atoms with Gasteiger partial charge in [0.2, 0.25) is 17.7 Å². The Kier molecular flexibility index (Phi) is 3.98. The fourth-order valence-electron chi connectivity index (χ4n) is 2.77. The Labute approximate surface area is 144 Å². The summed E-state index contributed by atoms with van der Waals surface area (Å²) in [4.78, 5) is 17.3. The summed E-state index contributed by atoms with van der Waals surface area (Å²) in [5, 5.41) is 10.6. The number of rotatable bonds is 4. The van der Waals surface area contributed by atoms with Gasteiger partial charge < -0.3 is 20.9 Å². The number of hydrogen-bond acceptors (Lipinski definition) is 9. The lowest BCUT2D eigenvalue weighted by molar-refractivity contribution is 0.367. The van der Waals surface area contributed by atoms with Gasteiger partial charge in [0.05, 0.1) is 5.69 Å². The molecule has 0 aliphatic carbocycles. The maximum atomic E-state index is 5.83. The lowest BCUT2D eigenvalue weighted by Gasteiger charge is -2.21. The molecule has 0 radical (unpaired) electrons. The number of pyridine rings is 1. The van der Waals surface area contributed by atoms with E-state index in [1.807, 2.05) is 25.1 Å². The van der Waals surface area contributed by atoms with Gasteiger partial charge in [-0.1, -0.05) is 11.2 Å². The molecule has 0 amide bonds. The average molecular weight is 338 g/mol. The zero-order valence-electron chi connectivity index (χ0n) is 13.7. The van der Waals surface area contributed by atoms with E-state index in [0.29, 0.717) is 29.8 Å². The summed E-state index contributed by atoms with van der Waals surface area (Å²) >= 11 is 0. The smallest absolute Gasteiger partial charge is 0.249 e. The van der Waals surface area contributed by atoms with Crippen LogP contribution in [-0.2, 0) is 13.0 Å². The maximum Gasteiger partial charge on any atom is 0.249 e. The monoisotopic (exact) mass is 338 g/mol. The Balaban J connectivity index is 1.58. The second-order valence-corrected chi connectivity index (χ2v) is 5.82. The highest BCUT2D eigenvalue weighted by atomic mass is 16.5. The average Bonchev–Trinajstić information content (AvgIpc) is 3.12. The largest absolute Gasteiger partial charge is 0.368 e.